The Morgan fingerprint density at radius 2 is 2.11 bits per heavy atom. The summed E-state index contributed by atoms with van der Waals surface area (Å²) in [5.74, 6) is 0.996. The number of hydrogen-bond donors (Lipinski definition) is 2. The van der Waals surface area contributed by atoms with E-state index >= 15 is 0 Å². The molecule has 1 rings (SSSR count). The lowest BCUT2D eigenvalue weighted by atomic mass is 10.2. The Kier molecular flexibility index (Phi) is 6.63. The summed E-state index contributed by atoms with van der Waals surface area (Å²) in [6.45, 7) is 8.31. The first-order chi connectivity index (χ1) is 8.81. The van der Waals surface area contributed by atoms with Crippen LogP contribution >= 0.6 is 23.4 Å². The Morgan fingerprint density at radius 1 is 1.42 bits per heavy atom. The first-order valence-electron chi connectivity index (χ1n) is 6.32. The molecule has 1 atom stereocenters. The van der Waals surface area contributed by atoms with Gasteiger partial charge in [-0.25, -0.2) is 0 Å². The molecule has 0 aliphatic rings. The van der Waals surface area contributed by atoms with Crippen molar-refractivity contribution < 1.29 is 9.84 Å². The third-order valence-corrected chi connectivity index (χ3v) is 3.49. The Labute approximate surface area is 124 Å². The van der Waals surface area contributed by atoms with Crippen LogP contribution < -0.4 is 5.32 Å². The van der Waals surface area contributed by atoms with Gasteiger partial charge in [0, 0.05) is 16.5 Å². The highest BCUT2D eigenvalue weighted by Crippen LogP contribution is 2.25. The second-order valence-electron chi connectivity index (χ2n) is 5.15. The fourth-order valence-electron chi connectivity index (χ4n) is 1.56. The van der Waals surface area contributed by atoms with Gasteiger partial charge in [0.25, 0.3) is 0 Å². The predicted octanol–water partition coefficient (Wildman–Crippen LogP) is 3.63. The predicted molar refractivity (Wildman–Crippen MR) is 81.5 cm³/mol. The molecule has 2 N–H and O–H groups in total. The van der Waals surface area contributed by atoms with Gasteiger partial charge in [-0.2, -0.15) is 0 Å². The van der Waals surface area contributed by atoms with Gasteiger partial charge >= 0.3 is 0 Å². The highest BCUT2D eigenvalue weighted by molar-refractivity contribution is 7.99. The summed E-state index contributed by atoms with van der Waals surface area (Å²) in [5, 5.41) is 13.4. The van der Waals surface area contributed by atoms with Crippen molar-refractivity contribution in [1.82, 2.24) is 5.32 Å². The SMILES string of the molecule is CCSc1ccc(Cl)cc1CNC(O)OC(C)(C)C. The maximum atomic E-state index is 9.76. The molecule has 0 saturated carbocycles. The van der Waals surface area contributed by atoms with E-state index in [0.717, 1.165) is 11.3 Å². The molecule has 5 heteroatoms. The molecule has 1 unspecified atom stereocenters. The highest BCUT2D eigenvalue weighted by Gasteiger charge is 2.16. The molecule has 1 aromatic carbocycles. The molecular weight excluding hydrogens is 282 g/mol. The van der Waals surface area contributed by atoms with E-state index in [4.69, 9.17) is 16.3 Å². The van der Waals surface area contributed by atoms with Crippen LogP contribution in [0.25, 0.3) is 0 Å². The number of nitrogens with one attached hydrogen (secondary N) is 1. The molecule has 108 valence electrons. The van der Waals surface area contributed by atoms with Crippen molar-refractivity contribution >= 4 is 23.4 Å². The molecule has 0 heterocycles. The van der Waals surface area contributed by atoms with Crippen molar-refractivity contribution in [2.75, 3.05) is 5.75 Å². The van der Waals surface area contributed by atoms with Gasteiger partial charge in [0.2, 0.25) is 6.41 Å². The molecule has 0 saturated heterocycles. The van der Waals surface area contributed by atoms with Crippen LogP contribution in [-0.2, 0) is 11.3 Å². The summed E-state index contributed by atoms with van der Waals surface area (Å²) in [5.41, 5.74) is 0.679. The van der Waals surface area contributed by atoms with Gasteiger partial charge in [-0.1, -0.05) is 18.5 Å². The number of rotatable bonds is 6. The Balaban J connectivity index is 2.63. The number of hydrogen-bond acceptors (Lipinski definition) is 4. The van der Waals surface area contributed by atoms with Crippen LogP contribution in [0.5, 0.6) is 0 Å². The largest absolute Gasteiger partial charge is 0.356 e. The molecule has 19 heavy (non-hydrogen) atoms. The van der Waals surface area contributed by atoms with Crippen molar-refractivity contribution in [1.29, 1.82) is 0 Å². The van der Waals surface area contributed by atoms with Gasteiger partial charge in [-0.3, -0.25) is 5.32 Å². The fourth-order valence-corrected chi connectivity index (χ4v) is 2.54. The molecule has 0 aliphatic heterocycles. The van der Waals surface area contributed by atoms with E-state index in [1.807, 2.05) is 39.0 Å². The standard InChI is InChI=1S/C14H22ClNO2S/c1-5-19-12-7-6-11(15)8-10(12)9-16-13(17)18-14(2,3)4/h6-8,13,16-17H,5,9H2,1-4H3. The Morgan fingerprint density at radius 3 is 2.68 bits per heavy atom. The Bertz CT molecular complexity index is 407. The average molecular weight is 304 g/mol. The van der Waals surface area contributed by atoms with Gasteiger partial charge in [0.05, 0.1) is 5.60 Å². The number of halogens is 1. The lowest BCUT2D eigenvalue weighted by Crippen LogP contribution is -2.37. The average Bonchev–Trinajstić information content (AvgIpc) is 2.27. The summed E-state index contributed by atoms with van der Waals surface area (Å²) >= 11 is 7.76. The van der Waals surface area contributed by atoms with Crippen molar-refractivity contribution in [2.24, 2.45) is 0 Å². The van der Waals surface area contributed by atoms with Crippen LogP contribution in [-0.4, -0.2) is 22.9 Å². The molecule has 3 nitrogen and oxygen atoms in total. The van der Waals surface area contributed by atoms with E-state index < -0.39 is 6.41 Å². The molecule has 0 bridgehead atoms. The minimum atomic E-state index is -0.988. The molecule has 0 amide bonds. The summed E-state index contributed by atoms with van der Waals surface area (Å²) in [4.78, 5) is 1.17. The molecule has 0 aliphatic carbocycles. The summed E-state index contributed by atoms with van der Waals surface area (Å²) in [6.07, 6.45) is -0.988. The van der Waals surface area contributed by atoms with Gasteiger partial charge in [-0.05, 0) is 50.3 Å². The van der Waals surface area contributed by atoms with E-state index in [1.165, 1.54) is 4.90 Å². The van der Waals surface area contributed by atoms with Crippen molar-refractivity contribution in [3.8, 4) is 0 Å². The maximum Gasteiger partial charge on any atom is 0.214 e. The molecular formula is C14H22ClNO2S. The first-order valence-corrected chi connectivity index (χ1v) is 7.68. The first kappa shape index (κ1) is 16.8. The van der Waals surface area contributed by atoms with Gasteiger partial charge in [-0.15, -0.1) is 11.8 Å². The third-order valence-electron chi connectivity index (χ3n) is 2.25. The van der Waals surface area contributed by atoms with E-state index in [2.05, 4.69) is 12.2 Å². The van der Waals surface area contributed by atoms with E-state index in [1.54, 1.807) is 11.8 Å². The van der Waals surface area contributed by atoms with Crippen LogP contribution in [0.2, 0.25) is 5.02 Å². The van der Waals surface area contributed by atoms with Crippen molar-refractivity contribution in [3.05, 3.63) is 28.8 Å². The zero-order valence-corrected chi connectivity index (χ0v) is 13.4. The zero-order chi connectivity index (χ0) is 14.5. The quantitative estimate of drug-likeness (QED) is 0.622. The fraction of sp³-hybridized carbons (Fsp3) is 0.571. The lowest BCUT2D eigenvalue weighted by Gasteiger charge is -2.24. The smallest absolute Gasteiger partial charge is 0.214 e. The minimum Gasteiger partial charge on any atom is -0.356 e. The number of thioether (sulfide) groups is 1. The van der Waals surface area contributed by atoms with Crippen LogP contribution in [0.3, 0.4) is 0 Å². The van der Waals surface area contributed by atoms with Crippen LogP contribution in [0.15, 0.2) is 23.1 Å². The topological polar surface area (TPSA) is 41.5 Å². The van der Waals surface area contributed by atoms with E-state index in [-0.39, 0.29) is 5.60 Å². The summed E-state index contributed by atoms with van der Waals surface area (Å²) in [6, 6.07) is 5.80. The lowest BCUT2D eigenvalue weighted by molar-refractivity contribution is -0.182. The van der Waals surface area contributed by atoms with Crippen LogP contribution in [0.1, 0.15) is 33.3 Å². The summed E-state index contributed by atoms with van der Waals surface area (Å²) < 4.78 is 5.39. The number of benzene rings is 1. The number of ether oxygens (including phenoxy) is 1. The number of aliphatic hydroxyl groups is 1. The normalized spacial score (nSPS) is 13.6. The summed E-state index contributed by atoms with van der Waals surface area (Å²) in [7, 11) is 0. The second kappa shape index (κ2) is 7.50. The van der Waals surface area contributed by atoms with Gasteiger partial charge in [0.15, 0.2) is 0 Å². The van der Waals surface area contributed by atoms with E-state index in [9.17, 15) is 5.11 Å². The molecule has 1 aromatic rings. The molecule has 0 aromatic heterocycles. The van der Waals surface area contributed by atoms with E-state index in [0.29, 0.717) is 11.6 Å². The minimum absolute atomic E-state index is 0.387. The monoisotopic (exact) mass is 303 g/mol. The second-order valence-corrected chi connectivity index (χ2v) is 6.89. The third kappa shape index (κ3) is 6.63. The van der Waals surface area contributed by atoms with Crippen LogP contribution in [0, 0.1) is 0 Å². The van der Waals surface area contributed by atoms with Gasteiger partial charge in [0.1, 0.15) is 0 Å². The van der Waals surface area contributed by atoms with Gasteiger partial charge < -0.3 is 9.84 Å². The molecule has 0 radical (unpaired) electrons. The van der Waals surface area contributed by atoms with Crippen LogP contribution in [0.4, 0.5) is 0 Å². The maximum absolute atomic E-state index is 9.76. The number of aliphatic hydroxyl groups excluding tert-OH is 1. The van der Waals surface area contributed by atoms with Crippen molar-refractivity contribution in [3.63, 3.8) is 0 Å². The molecule has 0 fully saturated rings. The zero-order valence-electron chi connectivity index (χ0n) is 11.9. The highest BCUT2D eigenvalue weighted by atomic mass is 35.5. The Hall–Kier alpha value is -0.260. The molecule has 0 spiro atoms. The van der Waals surface area contributed by atoms with Crippen molar-refractivity contribution in [2.45, 2.75) is 51.2 Å².